The Balaban J connectivity index is 1.37. The number of nitrogens with zero attached hydrogens (tertiary/aromatic N) is 4. The predicted octanol–water partition coefficient (Wildman–Crippen LogP) is 7.26. The van der Waals surface area contributed by atoms with Crippen LogP contribution in [0.25, 0.3) is 11.3 Å². The third-order valence-corrected chi connectivity index (χ3v) is 12.0. The molecule has 1 aliphatic carbocycles. The number of carbonyl (C=O) groups excluding carboxylic acids is 1. The molecule has 2 aromatic carbocycles. The summed E-state index contributed by atoms with van der Waals surface area (Å²) in [6, 6.07) is 14.1. The van der Waals surface area contributed by atoms with Gasteiger partial charge in [-0.1, -0.05) is 52.0 Å². The predicted molar refractivity (Wildman–Crippen MR) is 201 cm³/mol. The maximum atomic E-state index is 14.7. The van der Waals surface area contributed by atoms with Crippen molar-refractivity contribution >= 4 is 21.9 Å². The number of ether oxygens (including phenoxy) is 2. The van der Waals surface area contributed by atoms with Crippen LogP contribution in [0.5, 0.6) is 5.88 Å². The van der Waals surface area contributed by atoms with Gasteiger partial charge in [-0.2, -0.15) is 4.98 Å². The van der Waals surface area contributed by atoms with Gasteiger partial charge in [0, 0.05) is 42.4 Å². The van der Waals surface area contributed by atoms with Crippen molar-refractivity contribution in [2.45, 2.75) is 123 Å². The summed E-state index contributed by atoms with van der Waals surface area (Å²) in [4.78, 5) is 28.5. The van der Waals surface area contributed by atoms with Crippen LogP contribution in [0.3, 0.4) is 0 Å². The molecule has 3 aliphatic rings. The van der Waals surface area contributed by atoms with Gasteiger partial charge in [0.25, 0.3) is 15.9 Å². The van der Waals surface area contributed by atoms with E-state index in [9.17, 15) is 13.2 Å². The molecular formula is C40H55N5O5S. The molecule has 1 N–H and O–H groups in total. The molecular weight excluding hydrogens is 663 g/mol. The third kappa shape index (κ3) is 8.42. The van der Waals surface area contributed by atoms with E-state index in [0.717, 1.165) is 49.0 Å². The zero-order valence-corrected chi connectivity index (χ0v) is 32.5. The normalized spacial score (nSPS) is 27.5. The van der Waals surface area contributed by atoms with Crippen molar-refractivity contribution in [3.63, 3.8) is 0 Å². The number of anilines is 1. The number of aryl methyl sites for hydroxylation is 2. The molecule has 1 saturated carbocycles. The van der Waals surface area contributed by atoms with Gasteiger partial charge in [-0.3, -0.25) is 9.69 Å². The molecule has 51 heavy (non-hydrogen) atoms. The van der Waals surface area contributed by atoms with Crippen molar-refractivity contribution in [3.8, 4) is 17.1 Å². The maximum Gasteiger partial charge on any atom is 0.264 e. The van der Waals surface area contributed by atoms with E-state index >= 15 is 0 Å². The van der Waals surface area contributed by atoms with Crippen LogP contribution in [-0.2, 0) is 14.8 Å². The molecule has 0 spiro atoms. The minimum atomic E-state index is -4.14. The molecule has 1 aromatic heterocycles. The van der Waals surface area contributed by atoms with Crippen LogP contribution in [0.4, 0.5) is 5.95 Å². The second-order valence-electron chi connectivity index (χ2n) is 16.9. The molecule has 2 fully saturated rings. The Morgan fingerprint density at radius 2 is 1.65 bits per heavy atom. The minimum absolute atomic E-state index is 0.0288. The quantitative estimate of drug-likeness (QED) is 0.284. The van der Waals surface area contributed by atoms with E-state index in [0.29, 0.717) is 23.7 Å². The Bertz CT molecular complexity index is 1840. The molecule has 6 rings (SSSR count). The number of hydrogen-bond acceptors (Lipinski definition) is 8. The summed E-state index contributed by atoms with van der Waals surface area (Å²) in [5.74, 6) is -0.0516. The number of benzene rings is 2. The largest absolute Gasteiger partial charge is 0.475 e. The first-order valence-electron chi connectivity index (χ1n) is 18.3. The molecule has 2 aliphatic heterocycles. The summed E-state index contributed by atoms with van der Waals surface area (Å²) in [5.41, 5.74) is 3.69. The third-order valence-electron chi connectivity index (χ3n) is 10.6. The van der Waals surface area contributed by atoms with E-state index in [2.05, 4.69) is 68.1 Å². The first kappa shape index (κ1) is 37.2. The van der Waals surface area contributed by atoms with Crippen LogP contribution < -0.4 is 9.46 Å². The summed E-state index contributed by atoms with van der Waals surface area (Å²) >= 11 is 0. The first-order chi connectivity index (χ1) is 23.9. The van der Waals surface area contributed by atoms with Crippen molar-refractivity contribution < 1.29 is 22.7 Å². The van der Waals surface area contributed by atoms with Gasteiger partial charge in [0.05, 0.1) is 28.8 Å². The number of hydrogen-bond donors (Lipinski definition) is 1. The Labute approximate surface area is 304 Å². The standard InChI is InChI=1S/C40H55N5O5S/c1-25-12-10-13-26(2)36(25)34-17-35-42-38(41-34)43-51(47,48)33-15-11-14-30(16-33)37(46)45(32(24-49-35)19-39(6,7)8)27(3)18-40(9)20-31(21-40)44-22-28(4)50-29(5)23-44/h10-17,27-29,31-32H,18-24H2,1-9H3,(H,41,42,43)/t27?,28-,29+,31?,32-,40?/m1/s1. The second kappa shape index (κ2) is 14.1. The van der Waals surface area contributed by atoms with Crippen LogP contribution in [0.2, 0.25) is 0 Å². The number of nitrogens with one attached hydrogen (secondary N) is 1. The van der Waals surface area contributed by atoms with Crippen molar-refractivity contribution in [2.75, 3.05) is 24.4 Å². The highest BCUT2D eigenvalue weighted by Crippen LogP contribution is 2.48. The van der Waals surface area contributed by atoms with Crippen molar-refractivity contribution in [3.05, 3.63) is 65.2 Å². The van der Waals surface area contributed by atoms with E-state index in [1.807, 2.05) is 36.9 Å². The SMILES string of the molecule is Cc1cccc(C)c1-c1cc2nc(n1)NS(=O)(=O)c1cccc(c1)C(=O)N(C(C)CC1(C)CC(N3C[C@@H](C)O[C@@H](C)C3)C1)[C@H](CC(C)(C)C)CO2. The molecule has 0 radical (unpaired) electrons. The number of carbonyl (C=O) groups is 1. The van der Waals surface area contributed by atoms with Gasteiger partial charge in [-0.25, -0.2) is 18.1 Å². The van der Waals surface area contributed by atoms with Gasteiger partial charge < -0.3 is 14.4 Å². The van der Waals surface area contributed by atoms with Gasteiger partial charge in [0.1, 0.15) is 6.61 Å². The van der Waals surface area contributed by atoms with Crippen LogP contribution in [0, 0.1) is 24.7 Å². The lowest BCUT2D eigenvalue weighted by Crippen LogP contribution is -2.58. The van der Waals surface area contributed by atoms with Gasteiger partial charge in [0.2, 0.25) is 11.8 Å². The number of morpholine rings is 1. The summed E-state index contributed by atoms with van der Waals surface area (Å²) in [5, 5.41) is 0. The van der Waals surface area contributed by atoms with Crippen LogP contribution in [0.1, 0.15) is 95.6 Å². The summed E-state index contributed by atoms with van der Waals surface area (Å²) in [6.45, 7) is 21.3. The van der Waals surface area contributed by atoms with Gasteiger partial charge in [-0.05, 0) is 100 Å². The molecule has 4 bridgehead atoms. The lowest BCUT2D eigenvalue weighted by Gasteiger charge is -2.54. The zero-order valence-electron chi connectivity index (χ0n) is 31.7. The number of rotatable bonds is 6. The fraction of sp³-hybridized carbons (Fsp3) is 0.575. The molecule has 3 heterocycles. The average molecular weight is 718 g/mol. The summed E-state index contributed by atoms with van der Waals surface area (Å²) in [6.07, 6.45) is 4.05. The number of aromatic nitrogens is 2. The second-order valence-corrected chi connectivity index (χ2v) is 18.6. The monoisotopic (exact) mass is 717 g/mol. The number of fused-ring (bicyclic) bond motifs is 4. The van der Waals surface area contributed by atoms with Crippen molar-refractivity contribution in [1.29, 1.82) is 0 Å². The molecule has 4 atom stereocenters. The Morgan fingerprint density at radius 3 is 2.29 bits per heavy atom. The Kier molecular flexibility index (Phi) is 10.3. The molecule has 1 saturated heterocycles. The molecule has 276 valence electrons. The average Bonchev–Trinajstić information content (AvgIpc) is 3.01. The fourth-order valence-corrected chi connectivity index (χ4v) is 9.69. The Hall–Kier alpha value is -3.54. The van der Waals surface area contributed by atoms with E-state index in [-0.39, 0.29) is 64.4 Å². The van der Waals surface area contributed by atoms with Gasteiger partial charge >= 0.3 is 0 Å². The topological polar surface area (TPSA) is 114 Å². The maximum absolute atomic E-state index is 14.7. The van der Waals surface area contributed by atoms with Crippen LogP contribution in [-0.4, -0.2) is 84.1 Å². The number of sulfonamides is 1. The lowest BCUT2D eigenvalue weighted by molar-refractivity contribution is -0.111. The lowest BCUT2D eigenvalue weighted by atomic mass is 9.63. The highest BCUT2D eigenvalue weighted by Gasteiger charge is 2.46. The Morgan fingerprint density at radius 1 is 1.00 bits per heavy atom. The van der Waals surface area contributed by atoms with Crippen molar-refractivity contribution in [2.24, 2.45) is 10.8 Å². The zero-order chi connectivity index (χ0) is 36.9. The van der Waals surface area contributed by atoms with Crippen molar-refractivity contribution in [1.82, 2.24) is 19.8 Å². The molecule has 1 amide bonds. The summed E-state index contributed by atoms with van der Waals surface area (Å²) in [7, 11) is -4.14. The van der Waals surface area contributed by atoms with Crippen LogP contribution in [0.15, 0.2) is 53.4 Å². The highest BCUT2D eigenvalue weighted by atomic mass is 32.2. The molecule has 10 nitrogen and oxygen atoms in total. The van der Waals surface area contributed by atoms with Crippen LogP contribution >= 0.6 is 0 Å². The fourth-order valence-electron chi connectivity index (χ4n) is 8.70. The first-order valence-corrected chi connectivity index (χ1v) is 19.8. The molecule has 3 aromatic rings. The van der Waals surface area contributed by atoms with Gasteiger partial charge in [0.15, 0.2) is 0 Å². The van der Waals surface area contributed by atoms with Gasteiger partial charge in [-0.15, -0.1) is 0 Å². The highest BCUT2D eigenvalue weighted by molar-refractivity contribution is 7.92. The van der Waals surface area contributed by atoms with E-state index in [4.69, 9.17) is 9.47 Å². The van der Waals surface area contributed by atoms with E-state index in [1.165, 1.54) is 12.1 Å². The minimum Gasteiger partial charge on any atom is -0.475 e. The van der Waals surface area contributed by atoms with E-state index < -0.39 is 10.0 Å². The smallest absolute Gasteiger partial charge is 0.264 e. The number of amides is 1. The van der Waals surface area contributed by atoms with E-state index in [1.54, 1.807) is 18.2 Å². The summed E-state index contributed by atoms with van der Waals surface area (Å²) < 4.78 is 42.7. The molecule has 1 unspecified atom stereocenters. The molecule has 11 heteroatoms.